The van der Waals surface area contributed by atoms with Crippen molar-refractivity contribution in [1.29, 1.82) is 0 Å². The molecule has 0 aliphatic rings. The van der Waals surface area contributed by atoms with E-state index in [1.165, 1.54) is 11.1 Å². The van der Waals surface area contributed by atoms with E-state index in [0.717, 1.165) is 17.8 Å². The van der Waals surface area contributed by atoms with Crippen LogP contribution in [0, 0.1) is 6.92 Å². The number of aryl methyl sites for hydroxylation is 1. The SMILES string of the molecule is Cc1cccc(C(N)=S)c1N(C)Cc1ccccc1. The standard InChI is InChI=1S/C16H18N2S/c1-12-7-6-10-14(16(17)19)15(12)18(2)11-13-8-4-3-5-9-13/h3-10H,11H2,1-2H3,(H2,17,19). The number of hydrogen-bond donors (Lipinski definition) is 1. The summed E-state index contributed by atoms with van der Waals surface area (Å²) in [5.41, 5.74) is 10.3. The van der Waals surface area contributed by atoms with Crippen LogP contribution in [0.3, 0.4) is 0 Å². The zero-order valence-corrected chi connectivity index (χ0v) is 12.1. The molecule has 2 aromatic carbocycles. The number of nitrogens with zero attached hydrogens (tertiary/aromatic N) is 1. The maximum atomic E-state index is 5.82. The third-order valence-corrected chi connectivity index (χ3v) is 3.37. The highest BCUT2D eigenvalue weighted by Gasteiger charge is 2.12. The minimum atomic E-state index is 0.443. The number of anilines is 1. The second-order valence-electron chi connectivity index (χ2n) is 4.68. The molecule has 0 atom stereocenters. The van der Waals surface area contributed by atoms with Crippen LogP contribution in [0.25, 0.3) is 0 Å². The van der Waals surface area contributed by atoms with Crippen molar-refractivity contribution >= 4 is 22.9 Å². The lowest BCUT2D eigenvalue weighted by atomic mass is 10.1. The van der Waals surface area contributed by atoms with Crippen LogP contribution < -0.4 is 10.6 Å². The maximum absolute atomic E-state index is 5.82. The first-order chi connectivity index (χ1) is 9.09. The summed E-state index contributed by atoms with van der Waals surface area (Å²) in [7, 11) is 2.07. The Bertz CT molecular complexity index is 579. The Morgan fingerprint density at radius 2 is 1.79 bits per heavy atom. The number of thiocarbonyl (C=S) groups is 1. The summed E-state index contributed by atoms with van der Waals surface area (Å²) < 4.78 is 0. The van der Waals surface area contributed by atoms with Gasteiger partial charge in [0.2, 0.25) is 0 Å². The first kappa shape index (κ1) is 13.6. The molecule has 0 saturated carbocycles. The number of hydrogen-bond acceptors (Lipinski definition) is 2. The fourth-order valence-electron chi connectivity index (χ4n) is 2.30. The Morgan fingerprint density at radius 3 is 2.42 bits per heavy atom. The van der Waals surface area contributed by atoms with Gasteiger partial charge in [-0.3, -0.25) is 0 Å². The molecule has 2 rings (SSSR count). The zero-order valence-electron chi connectivity index (χ0n) is 11.3. The average Bonchev–Trinajstić information content (AvgIpc) is 2.39. The molecule has 0 aliphatic heterocycles. The summed E-state index contributed by atoms with van der Waals surface area (Å²) in [4.78, 5) is 2.64. The lowest BCUT2D eigenvalue weighted by Gasteiger charge is -2.24. The molecular formula is C16H18N2S. The van der Waals surface area contributed by atoms with E-state index in [9.17, 15) is 0 Å². The van der Waals surface area contributed by atoms with Crippen molar-refractivity contribution in [1.82, 2.24) is 0 Å². The van der Waals surface area contributed by atoms with Gasteiger partial charge in [-0.1, -0.05) is 54.7 Å². The molecule has 98 valence electrons. The third-order valence-electron chi connectivity index (χ3n) is 3.15. The number of para-hydroxylation sites is 1. The highest BCUT2D eigenvalue weighted by molar-refractivity contribution is 7.80. The van der Waals surface area contributed by atoms with Gasteiger partial charge in [0.25, 0.3) is 0 Å². The molecule has 0 fully saturated rings. The minimum absolute atomic E-state index is 0.443. The van der Waals surface area contributed by atoms with E-state index < -0.39 is 0 Å². The first-order valence-corrected chi connectivity index (χ1v) is 6.65. The molecule has 0 spiro atoms. The van der Waals surface area contributed by atoms with Crippen LogP contribution in [-0.2, 0) is 6.54 Å². The second kappa shape index (κ2) is 5.85. The van der Waals surface area contributed by atoms with Gasteiger partial charge < -0.3 is 10.6 Å². The van der Waals surface area contributed by atoms with Gasteiger partial charge in [0.1, 0.15) is 4.99 Å². The van der Waals surface area contributed by atoms with Gasteiger partial charge in [-0.15, -0.1) is 0 Å². The van der Waals surface area contributed by atoms with Gasteiger partial charge in [0.15, 0.2) is 0 Å². The van der Waals surface area contributed by atoms with Crippen LogP contribution in [0.4, 0.5) is 5.69 Å². The number of rotatable bonds is 4. The maximum Gasteiger partial charge on any atom is 0.106 e. The average molecular weight is 270 g/mol. The molecule has 2 aromatic rings. The fraction of sp³-hybridized carbons (Fsp3) is 0.188. The van der Waals surface area contributed by atoms with Crippen molar-refractivity contribution in [2.75, 3.05) is 11.9 Å². The lowest BCUT2D eigenvalue weighted by molar-refractivity contribution is 0.916. The Balaban J connectivity index is 2.33. The molecule has 0 radical (unpaired) electrons. The summed E-state index contributed by atoms with van der Waals surface area (Å²) in [5.74, 6) is 0. The highest BCUT2D eigenvalue weighted by Crippen LogP contribution is 2.25. The Labute approximate surface area is 119 Å². The summed E-state index contributed by atoms with van der Waals surface area (Å²) in [6, 6.07) is 16.4. The largest absolute Gasteiger partial charge is 0.389 e. The van der Waals surface area contributed by atoms with Crippen LogP contribution in [-0.4, -0.2) is 12.0 Å². The summed E-state index contributed by atoms with van der Waals surface area (Å²) in [6.45, 7) is 2.92. The van der Waals surface area contributed by atoms with Crippen LogP contribution in [0.15, 0.2) is 48.5 Å². The van der Waals surface area contributed by atoms with Gasteiger partial charge in [-0.2, -0.15) is 0 Å². The monoisotopic (exact) mass is 270 g/mol. The van der Waals surface area contributed by atoms with Gasteiger partial charge in [0, 0.05) is 24.8 Å². The normalized spacial score (nSPS) is 10.2. The van der Waals surface area contributed by atoms with E-state index in [2.05, 4.69) is 49.2 Å². The molecule has 0 amide bonds. The molecule has 0 unspecified atom stereocenters. The fourth-order valence-corrected chi connectivity index (χ4v) is 2.47. The van der Waals surface area contributed by atoms with Crippen molar-refractivity contribution in [2.45, 2.75) is 13.5 Å². The Morgan fingerprint density at radius 1 is 1.11 bits per heavy atom. The van der Waals surface area contributed by atoms with E-state index in [1.807, 2.05) is 18.2 Å². The molecular weight excluding hydrogens is 252 g/mol. The van der Waals surface area contributed by atoms with Crippen LogP contribution >= 0.6 is 12.2 Å². The van der Waals surface area contributed by atoms with Crippen molar-refractivity contribution in [3.8, 4) is 0 Å². The molecule has 0 aromatic heterocycles. The molecule has 0 saturated heterocycles. The van der Waals surface area contributed by atoms with Crippen molar-refractivity contribution in [2.24, 2.45) is 5.73 Å². The van der Waals surface area contributed by atoms with Crippen molar-refractivity contribution < 1.29 is 0 Å². The van der Waals surface area contributed by atoms with Crippen LogP contribution in [0.5, 0.6) is 0 Å². The van der Waals surface area contributed by atoms with E-state index in [0.29, 0.717) is 4.99 Å². The molecule has 2 nitrogen and oxygen atoms in total. The zero-order chi connectivity index (χ0) is 13.8. The predicted octanol–water partition coefficient (Wildman–Crippen LogP) is 3.27. The molecule has 2 N–H and O–H groups in total. The third kappa shape index (κ3) is 3.12. The smallest absolute Gasteiger partial charge is 0.106 e. The second-order valence-corrected chi connectivity index (χ2v) is 5.12. The molecule has 0 aliphatic carbocycles. The number of nitrogens with two attached hydrogens (primary N) is 1. The topological polar surface area (TPSA) is 29.3 Å². The van der Waals surface area contributed by atoms with Crippen molar-refractivity contribution in [3.05, 3.63) is 65.2 Å². The minimum Gasteiger partial charge on any atom is -0.389 e. The van der Waals surface area contributed by atoms with E-state index in [1.54, 1.807) is 0 Å². The van der Waals surface area contributed by atoms with E-state index in [4.69, 9.17) is 18.0 Å². The quantitative estimate of drug-likeness (QED) is 0.865. The van der Waals surface area contributed by atoms with E-state index in [-0.39, 0.29) is 0 Å². The first-order valence-electron chi connectivity index (χ1n) is 6.24. The molecule has 0 heterocycles. The summed E-state index contributed by atoms with van der Waals surface area (Å²) >= 11 is 5.14. The predicted molar refractivity (Wildman–Crippen MR) is 85.6 cm³/mol. The highest BCUT2D eigenvalue weighted by atomic mass is 32.1. The van der Waals surface area contributed by atoms with Crippen molar-refractivity contribution in [3.63, 3.8) is 0 Å². The Hall–Kier alpha value is -1.87. The molecule has 3 heteroatoms. The molecule has 0 bridgehead atoms. The summed E-state index contributed by atoms with van der Waals surface area (Å²) in [6.07, 6.45) is 0. The van der Waals surface area contributed by atoms with Gasteiger partial charge in [-0.05, 0) is 24.1 Å². The van der Waals surface area contributed by atoms with E-state index >= 15 is 0 Å². The van der Waals surface area contributed by atoms with Gasteiger partial charge in [-0.25, -0.2) is 0 Å². The number of benzene rings is 2. The lowest BCUT2D eigenvalue weighted by Crippen LogP contribution is -2.22. The summed E-state index contributed by atoms with van der Waals surface area (Å²) in [5, 5.41) is 0. The van der Waals surface area contributed by atoms with Crippen LogP contribution in [0.2, 0.25) is 0 Å². The Kier molecular flexibility index (Phi) is 4.17. The van der Waals surface area contributed by atoms with Crippen LogP contribution in [0.1, 0.15) is 16.7 Å². The molecule has 19 heavy (non-hydrogen) atoms. The van der Waals surface area contributed by atoms with Gasteiger partial charge >= 0.3 is 0 Å². The van der Waals surface area contributed by atoms with Gasteiger partial charge in [0.05, 0.1) is 0 Å².